The Hall–Kier alpha value is -0.710. The van der Waals surface area contributed by atoms with E-state index >= 15 is 0 Å². The fourth-order valence-electron chi connectivity index (χ4n) is 0.652. The lowest BCUT2D eigenvalue weighted by molar-refractivity contribution is 0.714. The van der Waals surface area contributed by atoms with Gasteiger partial charge < -0.3 is 0 Å². The summed E-state index contributed by atoms with van der Waals surface area (Å²) in [6.45, 7) is 4.01. The van der Waals surface area contributed by atoms with Gasteiger partial charge in [0.15, 0.2) is 0 Å². The topological polar surface area (TPSA) is 61.5 Å². The summed E-state index contributed by atoms with van der Waals surface area (Å²) >= 11 is 1.64. The van der Waals surface area contributed by atoms with E-state index in [1.165, 1.54) is 0 Å². The molecule has 4 nitrogen and oxygen atoms in total. The second-order valence-corrected chi connectivity index (χ2v) is 4.17. The number of thioether (sulfide) groups is 1. The maximum Gasteiger partial charge on any atom is 0.340 e. The summed E-state index contributed by atoms with van der Waals surface area (Å²) in [5.74, 6) is 0.690. The molecular weight excluding hydrogens is 162 g/mol. The van der Waals surface area contributed by atoms with Crippen LogP contribution in [0.15, 0.2) is 4.79 Å². The highest BCUT2D eigenvalue weighted by Gasteiger charge is 2.22. The van der Waals surface area contributed by atoms with Gasteiger partial charge in [-0.15, -0.1) is 0 Å². The largest absolute Gasteiger partial charge is 0.340 e. The number of hydrogen-bond donors (Lipinski definition) is 2. The standard InChI is InChI=1S/C6H11N3OS/c1-6(2,11-3)4-7-5(10)9-8-4/h1-3H3,(H2,7,8,9,10). The second kappa shape index (κ2) is 2.73. The van der Waals surface area contributed by atoms with Crippen LogP contribution in [0.4, 0.5) is 0 Å². The monoisotopic (exact) mass is 173 g/mol. The summed E-state index contributed by atoms with van der Waals surface area (Å²) in [5.41, 5.74) is -0.248. The van der Waals surface area contributed by atoms with E-state index in [4.69, 9.17) is 0 Å². The molecule has 0 aromatic carbocycles. The fourth-order valence-corrected chi connectivity index (χ4v) is 0.942. The molecule has 1 aromatic heterocycles. The minimum atomic E-state index is -0.248. The Labute approximate surface area is 68.8 Å². The van der Waals surface area contributed by atoms with Gasteiger partial charge in [0.25, 0.3) is 0 Å². The highest BCUT2D eigenvalue weighted by Crippen LogP contribution is 2.29. The first-order valence-electron chi connectivity index (χ1n) is 3.26. The molecule has 0 bridgehead atoms. The van der Waals surface area contributed by atoms with Crippen LogP contribution in [0.3, 0.4) is 0 Å². The molecule has 0 spiro atoms. The minimum Gasteiger partial charge on any atom is -0.292 e. The summed E-state index contributed by atoms with van der Waals surface area (Å²) in [5, 5.41) is 6.18. The zero-order chi connectivity index (χ0) is 8.48. The Kier molecular flexibility index (Phi) is 2.08. The molecule has 0 amide bonds. The van der Waals surface area contributed by atoms with Crippen LogP contribution in [0.1, 0.15) is 19.7 Å². The van der Waals surface area contributed by atoms with E-state index in [9.17, 15) is 4.79 Å². The number of nitrogens with zero attached hydrogens (tertiary/aromatic N) is 1. The predicted octanol–water partition coefficient (Wildman–Crippen LogP) is 0.696. The average Bonchev–Trinajstić information content (AvgIpc) is 2.36. The Bertz CT molecular complexity index is 288. The Morgan fingerprint density at radius 3 is 2.55 bits per heavy atom. The number of H-pyrrole nitrogens is 2. The van der Waals surface area contributed by atoms with Crippen molar-refractivity contribution in [3.63, 3.8) is 0 Å². The van der Waals surface area contributed by atoms with Crippen molar-refractivity contribution in [1.29, 1.82) is 0 Å². The third-order valence-electron chi connectivity index (χ3n) is 1.58. The summed E-state index contributed by atoms with van der Waals surface area (Å²) in [7, 11) is 0. The quantitative estimate of drug-likeness (QED) is 0.692. The van der Waals surface area contributed by atoms with Crippen LogP contribution in [0.5, 0.6) is 0 Å². The van der Waals surface area contributed by atoms with Crippen molar-refractivity contribution in [2.45, 2.75) is 18.6 Å². The van der Waals surface area contributed by atoms with E-state index in [0.717, 1.165) is 0 Å². The van der Waals surface area contributed by atoms with Crippen molar-refractivity contribution in [3.05, 3.63) is 16.3 Å². The predicted molar refractivity (Wildman–Crippen MR) is 45.7 cm³/mol. The van der Waals surface area contributed by atoms with Gasteiger partial charge in [-0.3, -0.25) is 4.98 Å². The molecule has 0 saturated heterocycles. The Morgan fingerprint density at radius 2 is 2.18 bits per heavy atom. The van der Waals surface area contributed by atoms with Crippen molar-refractivity contribution in [3.8, 4) is 0 Å². The van der Waals surface area contributed by atoms with Gasteiger partial charge in [0.05, 0.1) is 4.75 Å². The molecule has 1 heterocycles. The van der Waals surface area contributed by atoms with Gasteiger partial charge in [-0.25, -0.2) is 9.89 Å². The van der Waals surface area contributed by atoms with Gasteiger partial charge >= 0.3 is 5.69 Å². The van der Waals surface area contributed by atoms with Crippen LogP contribution in [0, 0.1) is 0 Å². The molecule has 1 rings (SSSR count). The second-order valence-electron chi connectivity index (χ2n) is 2.74. The molecule has 0 fully saturated rings. The van der Waals surface area contributed by atoms with Crippen LogP contribution in [0.2, 0.25) is 0 Å². The van der Waals surface area contributed by atoms with Crippen LogP contribution < -0.4 is 5.69 Å². The first kappa shape index (κ1) is 8.39. The summed E-state index contributed by atoms with van der Waals surface area (Å²) in [4.78, 5) is 13.3. The molecule has 0 atom stereocenters. The first-order valence-corrected chi connectivity index (χ1v) is 4.49. The van der Waals surface area contributed by atoms with Crippen LogP contribution in [-0.2, 0) is 4.75 Å². The molecule has 11 heavy (non-hydrogen) atoms. The lowest BCUT2D eigenvalue weighted by Gasteiger charge is -2.17. The van der Waals surface area contributed by atoms with Crippen LogP contribution in [0.25, 0.3) is 0 Å². The van der Waals surface area contributed by atoms with Crippen molar-refractivity contribution in [1.82, 2.24) is 15.2 Å². The normalized spacial score (nSPS) is 11.9. The molecule has 62 valence electrons. The van der Waals surface area contributed by atoms with E-state index in [-0.39, 0.29) is 10.4 Å². The Morgan fingerprint density at radius 1 is 1.55 bits per heavy atom. The van der Waals surface area contributed by atoms with Crippen molar-refractivity contribution < 1.29 is 0 Å². The minimum absolute atomic E-state index is 0.126. The van der Waals surface area contributed by atoms with Gasteiger partial charge in [0.2, 0.25) is 0 Å². The number of nitrogens with one attached hydrogen (secondary N) is 2. The average molecular weight is 173 g/mol. The molecule has 5 heteroatoms. The molecular formula is C6H11N3OS. The third kappa shape index (κ3) is 1.65. The Balaban J connectivity index is 3.01. The van der Waals surface area contributed by atoms with Crippen molar-refractivity contribution in [2.24, 2.45) is 0 Å². The van der Waals surface area contributed by atoms with E-state index in [1.54, 1.807) is 11.8 Å². The van der Waals surface area contributed by atoms with E-state index in [2.05, 4.69) is 15.2 Å². The molecule has 0 aliphatic carbocycles. The summed E-state index contributed by atoms with van der Waals surface area (Å²) in [6, 6.07) is 0. The van der Waals surface area contributed by atoms with E-state index < -0.39 is 0 Å². The first-order chi connectivity index (χ1) is 5.06. The van der Waals surface area contributed by atoms with Crippen LogP contribution >= 0.6 is 11.8 Å². The molecule has 0 unspecified atom stereocenters. The molecule has 2 N–H and O–H groups in total. The summed E-state index contributed by atoms with van der Waals surface area (Å²) in [6.07, 6.45) is 1.98. The number of aromatic amines is 2. The van der Waals surface area contributed by atoms with Crippen molar-refractivity contribution in [2.75, 3.05) is 6.26 Å². The fraction of sp³-hybridized carbons (Fsp3) is 0.667. The maximum absolute atomic E-state index is 10.7. The number of hydrogen-bond acceptors (Lipinski definition) is 3. The zero-order valence-corrected chi connectivity index (χ0v) is 7.58. The van der Waals surface area contributed by atoms with Gasteiger partial charge in [0, 0.05) is 0 Å². The van der Waals surface area contributed by atoms with Gasteiger partial charge in [0.1, 0.15) is 5.82 Å². The van der Waals surface area contributed by atoms with E-state index in [0.29, 0.717) is 5.82 Å². The highest BCUT2D eigenvalue weighted by atomic mass is 32.2. The van der Waals surface area contributed by atoms with Gasteiger partial charge in [-0.2, -0.15) is 16.9 Å². The van der Waals surface area contributed by atoms with Gasteiger partial charge in [-0.05, 0) is 20.1 Å². The molecule has 0 radical (unpaired) electrons. The van der Waals surface area contributed by atoms with Gasteiger partial charge in [-0.1, -0.05) is 0 Å². The number of rotatable bonds is 2. The lowest BCUT2D eigenvalue weighted by Crippen LogP contribution is -2.14. The van der Waals surface area contributed by atoms with Crippen LogP contribution in [-0.4, -0.2) is 21.4 Å². The molecule has 0 aliphatic heterocycles. The van der Waals surface area contributed by atoms with Crippen molar-refractivity contribution >= 4 is 11.8 Å². The highest BCUT2D eigenvalue weighted by molar-refractivity contribution is 7.99. The SMILES string of the molecule is CSC(C)(C)c1n[nH]c(=O)[nH]1. The molecule has 0 saturated carbocycles. The maximum atomic E-state index is 10.7. The summed E-state index contributed by atoms with van der Waals surface area (Å²) < 4.78 is -0.126. The number of aromatic nitrogens is 3. The molecule has 0 aliphatic rings. The molecule has 1 aromatic rings. The van der Waals surface area contributed by atoms with E-state index in [1.807, 2.05) is 20.1 Å². The smallest absolute Gasteiger partial charge is 0.292 e. The zero-order valence-electron chi connectivity index (χ0n) is 6.76. The third-order valence-corrected chi connectivity index (χ3v) is 2.80. The lowest BCUT2D eigenvalue weighted by atomic mass is 10.2.